The van der Waals surface area contributed by atoms with Crippen molar-refractivity contribution in [3.63, 3.8) is 0 Å². The lowest BCUT2D eigenvalue weighted by molar-refractivity contribution is -0.143. The lowest BCUT2D eigenvalue weighted by Crippen LogP contribution is -2.59. The summed E-state index contributed by atoms with van der Waals surface area (Å²) in [6, 6.07) is 1.06. The topological polar surface area (TPSA) is 388 Å². The molecule has 5 atom stereocenters. The quantitative estimate of drug-likeness (QED) is 0.0350. The molecule has 0 saturated carbocycles. The minimum atomic E-state index is -1.68. The van der Waals surface area contributed by atoms with Crippen molar-refractivity contribution in [2.24, 2.45) is 22.9 Å². The van der Waals surface area contributed by atoms with Crippen LogP contribution in [0.1, 0.15) is 69.8 Å². The Kier molecular flexibility index (Phi) is 28.1. The van der Waals surface area contributed by atoms with Gasteiger partial charge in [-0.2, -0.15) is 13.5 Å². The Morgan fingerprint density at radius 3 is 2.24 bits per heavy atom. The van der Waals surface area contributed by atoms with Crippen molar-refractivity contribution < 1.29 is 43.5 Å². The fourth-order valence-corrected chi connectivity index (χ4v) is 9.33. The lowest BCUT2D eigenvalue weighted by atomic mass is 10.0. The number of carbonyl (C=O) groups is 8. The first kappa shape index (κ1) is 58.8. The maximum absolute atomic E-state index is 14.3. The molecule has 0 bridgehead atoms. The van der Waals surface area contributed by atoms with E-state index in [1.807, 2.05) is 18.2 Å². The van der Waals surface area contributed by atoms with Crippen LogP contribution >= 0.6 is 35.1 Å². The van der Waals surface area contributed by atoms with Gasteiger partial charge in [-0.25, -0.2) is 0 Å². The third-order valence-corrected chi connectivity index (χ3v) is 13.1. The Bertz CT molecular complexity index is 1970. The molecule has 2 aliphatic rings. The fraction of sp³-hybridized carbons (Fsp3) is 0.595. The number of carboxylic acid groups (broad SMARTS) is 1. The van der Waals surface area contributed by atoms with Gasteiger partial charge >= 0.3 is 5.97 Å². The van der Waals surface area contributed by atoms with Crippen LogP contribution in [0.3, 0.4) is 0 Å². The molecule has 1 aromatic carbocycles. The van der Waals surface area contributed by atoms with Gasteiger partial charge in [0.2, 0.25) is 41.4 Å². The molecule has 2 fully saturated rings. The summed E-state index contributed by atoms with van der Waals surface area (Å²) >= 11 is 0. The van der Waals surface area contributed by atoms with E-state index < -0.39 is 90.5 Å². The van der Waals surface area contributed by atoms with Gasteiger partial charge in [0, 0.05) is 54.5 Å². The largest absolute Gasteiger partial charge is 0.481 e. The van der Waals surface area contributed by atoms with Crippen molar-refractivity contribution in [3.05, 3.63) is 36.0 Å². The standard InChI is InChI=1S/C35H49N11O9S2.C7H19N3.H2S/c36-30(51)25-18-57-56-13-10-27(47)42-22(8-3-4-11-39-35(37)38)31(52)41-17-28(48)43-23(15-29(49)50)32(53)44-24(14-19-16-40-21-7-2-1-6-20(19)21)34(55)46-12-5-9-26(46)33(54)45-25;8-4-1-2-6-10-7-3-5-9;/h1-2,6-7,16,22-26,40H,3-5,8-15,17-18H2,(H2,36,51)(H,41,52)(H,42,47)(H,43,48)(H,44,53)(H,45,54)(H,49,50)(H4,37,38,39);10H,1-9H2;1H2/t22-,23-,24-,25-,26-;;/m0../s1. The number of carbonyl (C=O) groups excluding carboxylic acids is 7. The molecule has 380 valence electrons. The summed E-state index contributed by atoms with van der Waals surface area (Å²) < 4.78 is 0. The second-order valence-electron chi connectivity index (χ2n) is 15.9. The number of para-hydroxylation sites is 1. The predicted molar refractivity (Wildman–Crippen MR) is 267 cm³/mol. The van der Waals surface area contributed by atoms with Crippen LogP contribution in [0.25, 0.3) is 10.9 Å². The maximum atomic E-state index is 14.3. The number of nitrogens with one attached hydrogen (secondary N) is 9. The molecule has 3 heterocycles. The maximum Gasteiger partial charge on any atom is 0.305 e. The number of primary amides is 1. The number of nitrogens with two attached hydrogens (primary N) is 4. The van der Waals surface area contributed by atoms with E-state index in [2.05, 4.69) is 42.2 Å². The summed E-state index contributed by atoms with van der Waals surface area (Å²) in [6.45, 7) is 3.54. The minimum absolute atomic E-state index is 0. The molecule has 0 unspecified atom stereocenters. The molecule has 1 aromatic heterocycles. The van der Waals surface area contributed by atoms with E-state index in [1.165, 1.54) is 32.9 Å². The van der Waals surface area contributed by atoms with Crippen LogP contribution in [0.4, 0.5) is 0 Å². The minimum Gasteiger partial charge on any atom is -0.481 e. The van der Waals surface area contributed by atoms with E-state index in [0.29, 0.717) is 31.4 Å². The average molecular weight is 1010 g/mol. The number of aromatic nitrogens is 1. The molecule has 7 amide bonds. The Labute approximate surface area is 410 Å². The number of H-pyrrole nitrogens is 1. The summed E-state index contributed by atoms with van der Waals surface area (Å²) in [4.78, 5) is 110. The van der Waals surface area contributed by atoms with Gasteiger partial charge in [0.15, 0.2) is 5.96 Å². The zero-order chi connectivity index (χ0) is 49.1. The second kappa shape index (κ2) is 32.5. The number of benzene rings is 1. The number of carboxylic acids is 1. The van der Waals surface area contributed by atoms with Gasteiger partial charge in [0.1, 0.15) is 30.2 Å². The lowest BCUT2D eigenvalue weighted by Gasteiger charge is -2.30. The highest BCUT2D eigenvalue weighted by Crippen LogP contribution is 2.25. The third-order valence-electron chi connectivity index (χ3n) is 10.6. The van der Waals surface area contributed by atoms with Crippen molar-refractivity contribution in [2.75, 3.05) is 57.3 Å². The van der Waals surface area contributed by atoms with E-state index >= 15 is 0 Å². The van der Waals surface area contributed by atoms with Crippen LogP contribution in [0.2, 0.25) is 0 Å². The number of aromatic amines is 1. The Morgan fingerprint density at radius 1 is 0.824 bits per heavy atom. The molecule has 23 nitrogen and oxygen atoms in total. The van der Waals surface area contributed by atoms with Crippen molar-refractivity contribution in [2.45, 2.75) is 101 Å². The second-order valence-corrected chi connectivity index (χ2v) is 18.5. The highest BCUT2D eigenvalue weighted by atomic mass is 33.1. The van der Waals surface area contributed by atoms with Gasteiger partial charge in [-0.15, -0.1) is 0 Å². The van der Waals surface area contributed by atoms with Gasteiger partial charge in [-0.3, -0.25) is 43.8 Å². The van der Waals surface area contributed by atoms with E-state index in [-0.39, 0.29) is 63.2 Å². The highest BCUT2D eigenvalue weighted by molar-refractivity contribution is 8.76. The molecule has 4 rings (SSSR count). The van der Waals surface area contributed by atoms with E-state index in [9.17, 15) is 43.5 Å². The highest BCUT2D eigenvalue weighted by Gasteiger charge is 2.40. The molecule has 2 saturated heterocycles. The normalized spacial score (nSPS) is 21.3. The van der Waals surface area contributed by atoms with E-state index in [4.69, 9.17) is 28.3 Å². The molecular formula is C42H70N14O9S3. The van der Waals surface area contributed by atoms with Crippen molar-refractivity contribution in [1.82, 2.24) is 47.1 Å². The molecular weight excluding hydrogens is 941 g/mol. The number of guanidine groups is 1. The number of aliphatic carboxylic acids is 1. The monoisotopic (exact) mass is 1010 g/mol. The van der Waals surface area contributed by atoms with Gasteiger partial charge in [-0.1, -0.05) is 39.8 Å². The van der Waals surface area contributed by atoms with E-state index in [1.54, 1.807) is 12.3 Å². The van der Waals surface area contributed by atoms with Crippen LogP contribution in [-0.4, -0.2) is 156 Å². The molecule has 68 heavy (non-hydrogen) atoms. The first-order valence-corrected chi connectivity index (χ1v) is 24.9. The average Bonchev–Trinajstić information content (AvgIpc) is 3.95. The van der Waals surface area contributed by atoms with Crippen LogP contribution in [-0.2, 0) is 44.8 Å². The number of unbranched alkanes of at least 4 members (excludes halogenated alkanes) is 2. The van der Waals surface area contributed by atoms with Crippen LogP contribution in [0, 0.1) is 5.41 Å². The first-order valence-electron chi connectivity index (χ1n) is 22.4. The summed E-state index contributed by atoms with van der Waals surface area (Å²) in [5.74, 6) is -6.49. The summed E-state index contributed by atoms with van der Waals surface area (Å²) in [5.41, 5.74) is 23.0. The summed E-state index contributed by atoms with van der Waals surface area (Å²) in [6.07, 6.45) is 5.86. The van der Waals surface area contributed by atoms with Crippen molar-refractivity contribution in [3.8, 4) is 0 Å². The first-order chi connectivity index (χ1) is 32.1. The van der Waals surface area contributed by atoms with Crippen molar-refractivity contribution >= 4 is 99.3 Å². The van der Waals surface area contributed by atoms with Crippen LogP contribution in [0.15, 0.2) is 30.5 Å². The zero-order valence-corrected chi connectivity index (χ0v) is 40.8. The van der Waals surface area contributed by atoms with Gasteiger partial charge in [-0.05, 0) is 89.2 Å². The molecule has 18 N–H and O–H groups in total. The van der Waals surface area contributed by atoms with Gasteiger partial charge in [0.25, 0.3) is 0 Å². The Balaban J connectivity index is 0.00000129. The van der Waals surface area contributed by atoms with Crippen molar-refractivity contribution in [1.29, 1.82) is 5.41 Å². The summed E-state index contributed by atoms with van der Waals surface area (Å²) in [5, 5.41) is 36.3. The smallest absolute Gasteiger partial charge is 0.305 e. The third kappa shape index (κ3) is 21.3. The van der Waals surface area contributed by atoms with Crippen LogP contribution < -0.4 is 60.2 Å². The SMILES string of the molecule is N=C(N)NCCCC[C@@H]1NC(=O)CCSSC[C@@H](C(N)=O)NC(=O)[C@@H]2CCCN2C(=O)[C@H](Cc2c[nH]c3ccccc23)NC(=O)[C@H](CC(=O)O)NC(=O)CNC1=O.NCCCCNCCCN.S. The number of hydrogen-bond acceptors (Lipinski definition) is 14. The number of fused-ring (bicyclic) bond motifs is 2. The molecule has 2 aliphatic heterocycles. The molecule has 0 spiro atoms. The van der Waals surface area contributed by atoms with Gasteiger partial charge in [0.05, 0.1) is 13.0 Å². The molecule has 0 radical (unpaired) electrons. The number of hydrogen-bond donors (Lipinski definition) is 14. The predicted octanol–water partition coefficient (Wildman–Crippen LogP) is -2.07. The number of nitrogens with zero attached hydrogens (tertiary/aromatic N) is 1. The number of amides is 7. The van der Waals surface area contributed by atoms with Gasteiger partial charge < -0.3 is 75.1 Å². The molecule has 2 aromatic rings. The summed E-state index contributed by atoms with van der Waals surface area (Å²) in [7, 11) is 2.44. The fourth-order valence-electron chi connectivity index (χ4n) is 7.17. The van der Waals surface area contributed by atoms with Crippen LogP contribution in [0.5, 0.6) is 0 Å². The molecule has 0 aliphatic carbocycles. The molecule has 26 heteroatoms. The Hall–Kier alpha value is -5.28. The van der Waals surface area contributed by atoms with E-state index in [0.717, 1.165) is 49.9 Å². The number of rotatable bonds is 17. The zero-order valence-electron chi connectivity index (χ0n) is 38.2. The Morgan fingerprint density at radius 2 is 1.53 bits per heavy atom.